The molecule has 90 valence electrons. The topological polar surface area (TPSA) is 32.3 Å². The predicted octanol–water partition coefficient (Wildman–Crippen LogP) is 2.08. The van der Waals surface area contributed by atoms with Gasteiger partial charge in [-0.1, -0.05) is 30.3 Å². The highest BCUT2D eigenvalue weighted by Gasteiger charge is 2.23. The van der Waals surface area contributed by atoms with E-state index < -0.39 is 0 Å². The molecule has 1 saturated heterocycles. The summed E-state index contributed by atoms with van der Waals surface area (Å²) in [5, 5.41) is 3.05. The largest absolute Gasteiger partial charge is 0.383 e. The predicted molar refractivity (Wildman–Crippen MR) is 68.3 cm³/mol. The Morgan fingerprint density at radius 3 is 2.59 bits per heavy atom. The van der Waals surface area contributed by atoms with Gasteiger partial charge >= 0.3 is 0 Å². The molecule has 17 heavy (non-hydrogen) atoms. The number of carbonyl (C=O) groups is 1. The van der Waals surface area contributed by atoms with Gasteiger partial charge in [-0.15, -0.1) is 0 Å². The van der Waals surface area contributed by atoms with E-state index in [0.29, 0.717) is 0 Å². The summed E-state index contributed by atoms with van der Waals surface area (Å²) in [5.41, 5.74) is 2.05. The molecule has 1 fully saturated rings. The van der Waals surface area contributed by atoms with Crippen molar-refractivity contribution in [1.82, 2.24) is 10.2 Å². The first-order chi connectivity index (χ1) is 8.16. The zero-order valence-electron chi connectivity index (χ0n) is 10.3. The summed E-state index contributed by atoms with van der Waals surface area (Å²) in [6.45, 7) is 0. The van der Waals surface area contributed by atoms with Gasteiger partial charge in [0.2, 0.25) is 5.91 Å². The van der Waals surface area contributed by atoms with Crippen molar-refractivity contribution in [1.29, 1.82) is 0 Å². The van der Waals surface area contributed by atoms with E-state index in [1.165, 1.54) is 5.56 Å². The van der Waals surface area contributed by atoms with Crippen molar-refractivity contribution in [2.45, 2.75) is 18.9 Å². The van der Waals surface area contributed by atoms with Crippen LogP contribution in [0.4, 0.5) is 0 Å². The van der Waals surface area contributed by atoms with Gasteiger partial charge in [0.05, 0.1) is 6.04 Å². The van der Waals surface area contributed by atoms with Gasteiger partial charge in [0.15, 0.2) is 0 Å². The minimum atomic E-state index is 0.0544. The van der Waals surface area contributed by atoms with Crippen LogP contribution < -0.4 is 5.32 Å². The molecule has 1 aromatic carbocycles. The van der Waals surface area contributed by atoms with E-state index in [1.54, 1.807) is 0 Å². The molecule has 0 aromatic heterocycles. The summed E-state index contributed by atoms with van der Waals surface area (Å²) >= 11 is 0. The van der Waals surface area contributed by atoms with E-state index in [0.717, 1.165) is 18.4 Å². The standard InChI is InChI=1S/C14H18N2O/c1-16(2)10-12-8-9-13(15-14(12)17)11-6-4-3-5-7-11/h3-7,10,13H,8-9H2,1-2H3,(H,15,17)/b12-10+. The van der Waals surface area contributed by atoms with Crippen molar-refractivity contribution in [2.24, 2.45) is 0 Å². The maximum absolute atomic E-state index is 11.9. The summed E-state index contributed by atoms with van der Waals surface area (Å²) in [7, 11) is 3.87. The van der Waals surface area contributed by atoms with E-state index >= 15 is 0 Å². The molecule has 0 saturated carbocycles. The molecule has 0 bridgehead atoms. The van der Waals surface area contributed by atoms with Gasteiger partial charge < -0.3 is 10.2 Å². The third-order valence-corrected chi connectivity index (χ3v) is 2.92. The Hall–Kier alpha value is -1.77. The molecule has 0 radical (unpaired) electrons. The fourth-order valence-corrected chi connectivity index (χ4v) is 2.11. The zero-order chi connectivity index (χ0) is 12.3. The second-order valence-electron chi connectivity index (χ2n) is 4.59. The normalized spacial score (nSPS) is 22.4. The quantitative estimate of drug-likeness (QED) is 0.789. The van der Waals surface area contributed by atoms with Gasteiger partial charge in [0.25, 0.3) is 0 Å². The lowest BCUT2D eigenvalue weighted by Gasteiger charge is -2.26. The number of nitrogens with one attached hydrogen (secondary N) is 1. The fourth-order valence-electron chi connectivity index (χ4n) is 2.11. The fraction of sp³-hybridized carbons (Fsp3) is 0.357. The molecule has 1 N–H and O–H groups in total. The Labute approximate surface area is 102 Å². The molecular formula is C14H18N2O. The van der Waals surface area contributed by atoms with Crippen LogP contribution in [0.1, 0.15) is 24.4 Å². The first-order valence-electron chi connectivity index (χ1n) is 5.90. The molecule has 0 aliphatic carbocycles. The van der Waals surface area contributed by atoms with Crippen LogP contribution in [0.3, 0.4) is 0 Å². The van der Waals surface area contributed by atoms with Gasteiger partial charge in [-0.25, -0.2) is 0 Å². The summed E-state index contributed by atoms with van der Waals surface area (Å²) in [6, 6.07) is 10.3. The Bertz CT molecular complexity index is 423. The number of hydrogen-bond acceptors (Lipinski definition) is 2. The Morgan fingerprint density at radius 1 is 1.29 bits per heavy atom. The molecule has 1 aliphatic heterocycles. The SMILES string of the molecule is CN(C)/C=C1\CCC(c2ccccc2)NC1=O. The zero-order valence-corrected chi connectivity index (χ0v) is 10.3. The van der Waals surface area contributed by atoms with Crippen LogP contribution in [-0.2, 0) is 4.79 Å². The van der Waals surface area contributed by atoms with Crippen molar-refractivity contribution in [2.75, 3.05) is 14.1 Å². The maximum Gasteiger partial charge on any atom is 0.249 e. The summed E-state index contributed by atoms with van der Waals surface area (Å²) in [6.07, 6.45) is 3.70. The van der Waals surface area contributed by atoms with Gasteiger partial charge in [0, 0.05) is 25.9 Å². The Morgan fingerprint density at radius 2 is 2.00 bits per heavy atom. The van der Waals surface area contributed by atoms with Crippen LogP contribution in [0.5, 0.6) is 0 Å². The van der Waals surface area contributed by atoms with E-state index in [4.69, 9.17) is 0 Å². The lowest BCUT2D eigenvalue weighted by atomic mass is 9.94. The van der Waals surface area contributed by atoms with E-state index in [2.05, 4.69) is 17.4 Å². The second-order valence-corrected chi connectivity index (χ2v) is 4.59. The van der Waals surface area contributed by atoms with Gasteiger partial charge in [-0.05, 0) is 18.4 Å². The first kappa shape index (κ1) is 11.7. The minimum absolute atomic E-state index is 0.0544. The smallest absolute Gasteiger partial charge is 0.249 e. The first-order valence-corrected chi connectivity index (χ1v) is 5.90. The van der Waals surface area contributed by atoms with Crippen molar-refractivity contribution >= 4 is 5.91 Å². The number of hydrogen-bond donors (Lipinski definition) is 1. The van der Waals surface area contributed by atoms with Gasteiger partial charge in [-0.2, -0.15) is 0 Å². The van der Waals surface area contributed by atoms with Gasteiger partial charge in [-0.3, -0.25) is 4.79 Å². The van der Waals surface area contributed by atoms with Crippen molar-refractivity contribution in [3.8, 4) is 0 Å². The molecule has 1 amide bonds. The van der Waals surface area contributed by atoms with E-state index in [1.807, 2.05) is 43.4 Å². The molecule has 1 aliphatic rings. The molecule has 3 heteroatoms. The van der Waals surface area contributed by atoms with E-state index in [-0.39, 0.29) is 11.9 Å². The number of piperidine rings is 1. The molecule has 2 rings (SSSR count). The highest BCUT2D eigenvalue weighted by atomic mass is 16.1. The van der Waals surface area contributed by atoms with Crippen molar-refractivity contribution < 1.29 is 4.79 Å². The summed E-state index contributed by atoms with van der Waals surface area (Å²) in [4.78, 5) is 13.8. The van der Waals surface area contributed by atoms with Crippen LogP contribution in [0.25, 0.3) is 0 Å². The Kier molecular flexibility index (Phi) is 3.47. The Balaban J connectivity index is 2.08. The van der Waals surface area contributed by atoms with Crippen molar-refractivity contribution in [3.05, 3.63) is 47.7 Å². The number of benzene rings is 1. The monoisotopic (exact) mass is 230 g/mol. The molecule has 1 unspecified atom stereocenters. The molecule has 1 aromatic rings. The highest BCUT2D eigenvalue weighted by Crippen LogP contribution is 2.25. The van der Waals surface area contributed by atoms with Crippen molar-refractivity contribution in [3.63, 3.8) is 0 Å². The van der Waals surface area contributed by atoms with E-state index in [9.17, 15) is 4.79 Å². The molecule has 3 nitrogen and oxygen atoms in total. The number of amides is 1. The lowest BCUT2D eigenvalue weighted by Crippen LogP contribution is -2.34. The third kappa shape index (κ3) is 2.87. The van der Waals surface area contributed by atoms with Crippen LogP contribution in [0.15, 0.2) is 42.1 Å². The average molecular weight is 230 g/mol. The highest BCUT2D eigenvalue weighted by molar-refractivity contribution is 5.94. The molecule has 1 heterocycles. The number of nitrogens with zero attached hydrogens (tertiary/aromatic N) is 1. The van der Waals surface area contributed by atoms with Crippen LogP contribution in [0.2, 0.25) is 0 Å². The average Bonchev–Trinajstić information content (AvgIpc) is 2.32. The number of rotatable bonds is 2. The van der Waals surface area contributed by atoms with Crippen LogP contribution in [0, 0.1) is 0 Å². The van der Waals surface area contributed by atoms with Crippen LogP contribution in [-0.4, -0.2) is 24.9 Å². The third-order valence-electron chi connectivity index (χ3n) is 2.92. The summed E-state index contributed by atoms with van der Waals surface area (Å²) in [5.74, 6) is 0.0544. The van der Waals surface area contributed by atoms with Crippen LogP contribution >= 0.6 is 0 Å². The molecular weight excluding hydrogens is 212 g/mol. The lowest BCUT2D eigenvalue weighted by molar-refractivity contribution is -0.119. The molecule has 0 spiro atoms. The number of carbonyl (C=O) groups excluding carboxylic acids is 1. The second kappa shape index (κ2) is 5.04. The molecule has 1 atom stereocenters. The maximum atomic E-state index is 11.9. The minimum Gasteiger partial charge on any atom is -0.383 e. The van der Waals surface area contributed by atoms with Gasteiger partial charge in [0.1, 0.15) is 0 Å². The summed E-state index contributed by atoms with van der Waals surface area (Å²) < 4.78 is 0.